The van der Waals surface area contributed by atoms with Gasteiger partial charge in [0.2, 0.25) is 0 Å². The van der Waals surface area contributed by atoms with Crippen molar-refractivity contribution in [3.05, 3.63) is 83.3 Å². The number of halogens is 2. The van der Waals surface area contributed by atoms with Gasteiger partial charge >= 0.3 is 0 Å². The average Bonchev–Trinajstić information content (AvgIpc) is 3.20. The summed E-state index contributed by atoms with van der Waals surface area (Å²) in [5.74, 6) is -2.64. The van der Waals surface area contributed by atoms with Crippen molar-refractivity contribution in [1.82, 2.24) is 15.2 Å². The number of benzene rings is 2. The highest BCUT2D eigenvalue weighted by Crippen LogP contribution is 2.26. The van der Waals surface area contributed by atoms with E-state index in [0.717, 1.165) is 16.6 Å². The number of aromatic nitrogens is 3. The fourth-order valence-electron chi connectivity index (χ4n) is 3.09. The Hall–Kier alpha value is -3.81. The normalized spacial score (nSPS) is 11.0. The number of H-pyrrole nitrogens is 1. The Morgan fingerprint density at radius 2 is 1.97 bits per heavy atom. The van der Waals surface area contributed by atoms with Gasteiger partial charge in [0, 0.05) is 23.0 Å². The lowest BCUT2D eigenvalue weighted by Crippen LogP contribution is -2.17. The molecule has 4 rings (SSSR count). The van der Waals surface area contributed by atoms with Crippen molar-refractivity contribution in [2.75, 3.05) is 11.1 Å². The first kappa shape index (κ1) is 18.5. The van der Waals surface area contributed by atoms with E-state index >= 15 is 0 Å². The number of nitrogens with one attached hydrogen (secondary N) is 2. The van der Waals surface area contributed by atoms with Gasteiger partial charge in [0.25, 0.3) is 5.91 Å². The maximum absolute atomic E-state index is 14.5. The molecule has 0 aliphatic heterocycles. The van der Waals surface area contributed by atoms with Gasteiger partial charge < -0.3 is 11.1 Å². The SMILES string of the molecule is Nc1c(F)c(CCc2ccccn2)cc(C(=O)Nc2ccc3[nH]ncc3c2)c1F. The number of nitrogens with two attached hydrogens (primary N) is 1. The monoisotopic (exact) mass is 393 g/mol. The molecule has 4 N–H and O–H groups in total. The van der Waals surface area contributed by atoms with Crippen molar-refractivity contribution in [3.63, 3.8) is 0 Å². The third-order valence-electron chi connectivity index (χ3n) is 4.63. The molecule has 6 nitrogen and oxygen atoms in total. The van der Waals surface area contributed by atoms with Crippen LogP contribution in [-0.2, 0) is 12.8 Å². The average molecular weight is 393 g/mol. The molecule has 4 aromatic rings. The molecule has 29 heavy (non-hydrogen) atoms. The predicted molar refractivity (Wildman–Crippen MR) is 106 cm³/mol. The number of hydrogen-bond acceptors (Lipinski definition) is 4. The second kappa shape index (κ2) is 7.67. The highest BCUT2D eigenvalue weighted by atomic mass is 19.1. The Kier molecular flexibility index (Phi) is 4.90. The molecule has 0 atom stereocenters. The van der Waals surface area contributed by atoms with Gasteiger partial charge in [-0.15, -0.1) is 0 Å². The number of rotatable bonds is 5. The molecule has 0 spiro atoms. The quantitative estimate of drug-likeness (QED) is 0.449. The van der Waals surface area contributed by atoms with Gasteiger partial charge in [-0.25, -0.2) is 8.78 Å². The lowest BCUT2D eigenvalue weighted by Gasteiger charge is -2.12. The number of aryl methyl sites for hydroxylation is 2. The van der Waals surface area contributed by atoms with E-state index in [0.29, 0.717) is 12.1 Å². The van der Waals surface area contributed by atoms with Crippen LogP contribution in [0.5, 0.6) is 0 Å². The summed E-state index contributed by atoms with van der Waals surface area (Å²) in [5.41, 5.74) is 6.78. The summed E-state index contributed by atoms with van der Waals surface area (Å²) in [7, 11) is 0. The van der Waals surface area contributed by atoms with Crippen LogP contribution in [0.3, 0.4) is 0 Å². The fraction of sp³-hybridized carbons (Fsp3) is 0.0952. The lowest BCUT2D eigenvalue weighted by molar-refractivity contribution is 0.102. The Labute approximate surface area is 164 Å². The van der Waals surface area contributed by atoms with Crippen LogP contribution in [0.1, 0.15) is 21.6 Å². The number of aromatic amines is 1. The summed E-state index contributed by atoms with van der Waals surface area (Å²) in [6, 6.07) is 11.7. The van der Waals surface area contributed by atoms with Gasteiger partial charge in [-0.1, -0.05) is 6.07 Å². The zero-order valence-electron chi connectivity index (χ0n) is 15.2. The van der Waals surface area contributed by atoms with E-state index in [-0.39, 0.29) is 17.5 Å². The molecular weight excluding hydrogens is 376 g/mol. The fourth-order valence-corrected chi connectivity index (χ4v) is 3.09. The minimum Gasteiger partial charge on any atom is -0.394 e. The summed E-state index contributed by atoms with van der Waals surface area (Å²) < 4.78 is 29.0. The van der Waals surface area contributed by atoms with Crippen LogP contribution in [0.4, 0.5) is 20.2 Å². The van der Waals surface area contributed by atoms with E-state index in [9.17, 15) is 13.6 Å². The number of carbonyl (C=O) groups is 1. The van der Waals surface area contributed by atoms with Crippen LogP contribution in [0.25, 0.3) is 10.9 Å². The second-order valence-electron chi connectivity index (χ2n) is 6.57. The highest BCUT2D eigenvalue weighted by Gasteiger charge is 2.21. The van der Waals surface area contributed by atoms with Gasteiger partial charge in [0.15, 0.2) is 11.6 Å². The number of fused-ring (bicyclic) bond motifs is 1. The number of carbonyl (C=O) groups excluding carboxylic acids is 1. The number of nitrogens with zero attached hydrogens (tertiary/aromatic N) is 2. The Balaban J connectivity index is 1.59. The molecule has 0 radical (unpaired) electrons. The van der Waals surface area contributed by atoms with Gasteiger partial charge in [-0.2, -0.15) is 5.10 Å². The zero-order chi connectivity index (χ0) is 20.4. The van der Waals surface area contributed by atoms with Crippen molar-refractivity contribution in [2.45, 2.75) is 12.8 Å². The maximum Gasteiger partial charge on any atom is 0.258 e. The standard InChI is InChI=1S/C21H17F2N5O/c22-18-12(4-5-14-3-1-2-8-25-14)10-16(19(23)20(18)24)21(29)27-15-6-7-17-13(9-15)11-26-28-17/h1-3,6-11H,4-5,24H2,(H,26,28)(H,27,29). The molecule has 1 amide bonds. The first-order valence-electron chi connectivity index (χ1n) is 8.93. The molecule has 0 saturated carbocycles. The lowest BCUT2D eigenvalue weighted by atomic mass is 10.0. The highest BCUT2D eigenvalue weighted by molar-refractivity contribution is 6.06. The van der Waals surface area contributed by atoms with Gasteiger partial charge in [-0.05, 0) is 54.8 Å². The largest absolute Gasteiger partial charge is 0.394 e. The van der Waals surface area contributed by atoms with E-state index in [2.05, 4.69) is 20.5 Å². The third-order valence-corrected chi connectivity index (χ3v) is 4.63. The number of anilines is 2. The number of amides is 1. The molecule has 0 unspecified atom stereocenters. The van der Waals surface area contributed by atoms with Gasteiger partial charge in [0.05, 0.1) is 17.3 Å². The van der Waals surface area contributed by atoms with E-state index in [1.807, 2.05) is 12.1 Å². The van der Waals surface area contributed by atoms with Crippen LogP contribution in [0.2, 0.25) is 0 Å². The molecule has 2 aromatic carbocycles. The second-order valence-corrected chi connectivity index (χ2v) is 6.57. The van der Waals surface area contributed by atoms with Crippen molar-refractivity contribution < 1.29 is 13.6 Å². The number of pyridine rings is 1. The first-order chi connectivity index (χ1) is 14.0. The Morgan fingerprint density at radius 1 is 1.10 bits per heavy atom. The number of nitrogen functional groups attached to an aromatic ring is 1. The van der Waals surface area contributed by atoms with E-state index < -0.39 is 23.2 Å². The maximum atomic E-state index is 14.5. The summed E-state index contributed by atoms with van der Waals surface area (Å²) in [5, 5.41) is 10.1. The predicted octanol–water partition coefficient (Wildman–Crippen LogP) is 3.86. The van der Waals surface area contributed by atoms with Crippen LogP contribution >= 0.6 is 0 Å². The van der Waals surface area contributed by atoms with Crippen LogP contribution < -0.4 is 11.1 Å². The molecule has 2 heterocycles. The van der Waals surface area contributed by atoms with Crippen LogP contribution in [-0.4, -0.2) is 21.1 Å². The van der Waals surface area contributed by atoms with E-state index in [1.54, 1.807) is 36.7 Å². The molecule has 0 saturated heterocycles. The van der Waals surface area contributed by atoms with E-state index in [4.69, 9.17) is 5.73 Å². The minimum atomic E-state index is -1.08. The zero-order valence-corrected chi connectivity index (χ0v) is 15.2. The smallest absolute Gasteiger partial charge is 0.258 e. The molecule has 146 valence electrons. The molecule has 0 aliphatic carbocycles. The molecule has 0 aliphatic rings. The van der Waals surface area contributed by atoms with Crippen molar-refractivity contribution >= 4 is 28.2 Å². The summed E-state index contributed by atoms with van der Waals surface area (Å²) in [6.07, 6.45) is 3.91. The molecule has 2 aromatic heterocycles. The van der Waals surface area contributed by atoms with Gasteiger partial charge in [-0.3, -0.25) is 14.9 Å². The number of hydrogen-bond donors (Lipinski definition) is 3. The first-order valence-corrected chi connectivity index (χ1v) is 8.93. The summed E-state index contributed by atoms with van der Waals surface area (Å²) in [6.45, 7) is 0. The topological polar surface area (TPSA) is 96.7 Å². The van der Waals surface area contributed by atoms with Crippen LogP contribution in [0.15, 0.2) is 54.9 Å². The molecular formula is C21H17F2N5O. The van der Waals surface area contributed by atoms with Crippen LogP contribution in [0, 0.1) is 11.6 Å². The van der Waals surface area contributed by atoms with E-state index in [1.165, 1.54) is 6.07 Å². The van der Waals surface area contributed by atoms with Gasteiger partial charge in [0.1, 0.15) is 5.69 Å². The van der Waals surface area contributed by atoms with Crippen molar-refractivity contribution in [2.24, 2.45) is 0 Å². The minimum absolute atomic E-state index is 0.157. The van der Waals surface area contributed by atoms with Crippen molar-refractivity contribution in [3.8, 4) is 0 Å². The molecule has 0 fully saturated rings. The Bertz CT molecular complexity index is 1190. The third kappa shape index (κ3) is 3.77. The van der Waals surface area contributed by atoms with Crippen molar-refractivity contribution in [1.29, 1.82) is 0 Å². The summed E-state index contributed by atoms with van der Waals surface area (Å²) >= 11 is 0. The molecule has 0 bridgehead atoms. The molecule has 8 heteroatoms. The summed E-state index contributed by atoms with van der Waals surface area (Å²) in [4.78, 5) is 16.8. The Morgan fingerprint density at radius 3 is 2.76 bits per heavy atom.